The third kappa shape index (κ3) is 2.30. The van der Waals surface area contributed by atoms with Gasteiger partial charge in [-0.2, -0.15) is 0 Å². The van der Waals surface area contributed by atoms with Crippen LogP contribution in [0.2, 0.25) is 0 Å². The normalized spacial score (nSPS) is 21.6. The number of rotatable bonds is 2. The highest BCUT2D eigenvalue weighted by atomic mass is 15.3. The van der Waals surface area contributed by atoms with E-state index in [0.717, 1.165) is 43.1 Å². The second kappa shape index (κ2) is 5.13. The number of imidazole rings is 1. The van der Waals surface area contributed by atoms with E-state index in [1.807, 2.05) is 6.92 Å². The zero-order valence-corrected chi connectivity index (χ0v) is 12.5. The maximum absolute atomic E-state index is 4.89. The average Bonchev–Trinajstić information content (AvgIpc) is 3.13. The molecule has 5 nitrogen and oxygen atoms in total. The van der Waals surface area contributed by atoms with Crippen molar-refractivity contribution < 1.29 is 0 Å². The molecule has 2 aromatic rings. The first-order chi connectivity index (χ1) is 10.3. The Hall–Kier alpha value is -1.91. The molecule has 2 aliphatic rings. The minimum absolute atomic E-state index is 0.338. The van der Waals surface area contributed by atoms with Crippen molar-refractivity contribution in [2.45, 2.75) is 51.5 Å². The Morgan fingerprint density at radius 2 is 2.10 bits per heavy atom. The molecule has 0 saturated carbocycles. The highest BCUT2D eigenvalue weighted by molar-refractivity contribution is 5.42. The maximum Gasteiger partial charge on any atom is 0.132 e. The van der Waals surface area contributed by atoms with Gasteiger partial charge in [-0.3, -0.25) is 0 Å². The zero-order valence-electron chi connectivity index (χ0n) is 12.5. The number of H-pyrrole nitrogens is 1. The van der Waals surface area contributed by atoms with Crippen molar-refractivity contribution in [3.8, 4) is 0 Å². The summed E-state index contributed by atoms with van der Waals surface area (Å²) >= 11 is 0. The van der Waals surface area contributed by atoms with E-state index in [0.29, 0.717) is 6.04 Å². The van der Waals surface area contributed by atoms with Gasteiger partial charge in [-0.05, 0) is 45.4 Å². The molecule has 1 saturated heterocycles. The van der Waals surface area contributed by atoms with Gasteiger partial charge in [-0.1, -0.05) is 0 Å². The van der Waals surface area contributed by atoms with Gasteiger partial charge in [0.25, 0.3) is 0 Å². The fourth-order valence-corrected chi connectivity index (χ4v) is 3.56. The second-order valence-corrected chi connectivity index (χ2v) is 6.12. The van der Waals surface area contributed by atoms with E-state index < -0.39 is 0 Å². The summed E-state index contributed by atoms with van der Waals surface area (Å²) in [6.07, 6.45) is 8.85. The predicted molar refractivity (Wildman–Crippen MR) is 81.3 cm³/mol. The molecule has 0 unspecified atom stereocenters. The number of aryl methyl sites for hydroxylation is 3. The number of aromatic nitrogens is 4. The van der Waals surface area contributed by atoms with Crippen LogP contribution >= 0.6 is 0 Å². The lowest BCUT2D eigenvalue weighted by Crippen LogP contribution is -2.24. The zero-order chi connectivity index (χ0) is 14.2. The van der Waals surface area contributed by atoms with E-state index in [-0.39, 0.29) is 0 Å². The predicted octanol–water partition coefficient (Wildman–Crippen LogP) is 2.73. The molecule has 1 fully saturated rings. The minimum atomic E-state index is 0.338. The topological polar surface area (TPSA) is 57.7 Å². The molecule has 2 aromatic heterocycles. The summed E-state index contributed by atoms with van der Waals surface area (Å²) in [4.78, 5) is 19.5. The summed E-state index contributed by atoms with van der Waals surface area (Å²) in [6, 6.07) is 2.41. The molecule has 0 amide bonds. The van der Waals surface area contributed by atoms with Crippen molar-refractivity contribution in [2.75, 3.05) is 11.4 Å². The first-order valence-corrected chi connectivity index (χ1v) is 7.94. The summed E-state index contributed by atoms with van der Waals surface area (Å²) in [5.41, 5.74) is 3.67. The van der Waals surface area contributed by atoms with Crippen LogP contribution < -0.4 is 4.90 Å². The van der Waals surface area contributed by atoms with Gasteiger partial charge in [0.15, 0.2) is 0 Å². The molecule has 0 radical (unpaired) electrons. The van der Waals surface area contributed by atoms with Crippen LogP contribution in [0.3, 0.4) is 0 Å². The van der Waals surface area contributed by atoms with Gasteiger partial charge in [0, 0.05) is 24.0 Å². The molecule has 1 aliphatic heterocycles. The van der Waals surface area contributed by atoms with Gasteiger partial charge >= 0.3 is 0 Å². The number of hydrogen-bond donors (Lipinski definition) is 1. The molecule has 1 atom stereocenters. The van der Waals surface area contributed by atoms with Crippen molar-refractivity contribution in [3.05, 3.63) is 35.3 Å². The highest BCUT2D eigenvalue weighted by Gasteiger charge is 2.30. The van der Waals surface area contributed by atoms with Crippen molar-refractivity contribution in [1.29, 1.82) is 0 Å². The van der Waals surface area contributed by atoms with E-state index in [1.165, 1.54) is 30.7 Å². The molecule has 21 heavy (non-hydrogen) atoms. The van der Waals surface area contributed by atoms with Crippen LogP contribution in [0.15, 0.2) is 12.4 Å². The maximum atomic E-state index is 4.89. The number of anilines is 1. The van der Waals surface area contributed by atoms with Crippen molar-refractivity contribution in [2.24, 2.45) is 0 Å². The second-order valence-electron chi connectivity index (χ2n) is 6.12. The summed E-state index contributed by atoms with van der Waals surface area (Å²) < 4.78 is 0. The van der Waals surface area contributed by atoms with Crippen LogP contribution in [0.5, 0.6) is 0 Å². The smallest absolute Gasteiger partial charge is 0.132 e. The van der Waals surface area contributed by atoms with E-state index in [2.05, 4.69) is 25.9 Å². The Balaban J connectivity index is 1.65. The van der Waals surface area contributed by atoms with Gasteiger partial charge in [0.2, 0.25) is 0 Å². The molecule has 5 heteroatoms. The largest absolute Gasteiger partial charge is 0.346 e. The van der Waals surface area contributed by atoms with E-state index in [4.69, 9.17) is 4.98 Å². The molecule has 3 heterocycles. The summed E-state index contributed by atoms with van der Waals surface area (Å²) in [7, 11) is 0. The van der Waals surface area contributed by atoms with Crippen molar-refractivity contribution in [3.63, 3.8) is 0 Å². The van der Waals surface area contributed by atoms with E-state index >= 15 is 0 Å². The number of fused-ring (bicyclic) bond motifs is 1. The van der Waals surface area contributed by atoms with Crippen LogP contribution in [0.25, 0.3) is 0 Å². The summed E-state index contributed by atoms with van der Waals surface area (Å²) in [6.45, 7) is 3.06. The molecule has 110 valence electrons. The van der Waals surface area contributed by atoms with Gasteiger partial charge in [0.1, 0.15) is 18.0 Å². The SMILES string of the molecule is Cc1cc(N2CCC[C@@H]2c2nc3c([nH]2)CCCC3)ncn1. The summed E-state index contributed by atoms with van der Waals surface area (Å²) in [5, 5.41) is 0. The molecular formula is C16H21N5. The van der Waals surface area contributed by atoms with Gasteiger partial charge in [-0.15, -0.1) is 0 Å². The first-order valence-electron chi connectivity index (χ1n) is 7.94. The van der Waals surface area contributed by atoms with Gasteiger partial charge in [-0.25, -0.2) is 15.0 Å². The fraction of sp³-hybridized carbons (Fsp3) is 0.562. The number of hydrogen-bond acceptors (Lipinski definition) is 4. The van der Waals surface area contributed by atoms with Crippen LogP contribution in [0.4, 0.5) is 5.82 Å². The Morgan fingerprint density at radius 1 is 1.19 bits per heavy atom. The van der Waals surface area contributed by atoms with Crippen LogP contribution in [-0.4, -0.2) is 26.5 Å². The van der Waals surface area contributed by atoms with Gasteiger partial charge in [0.05, 0.1) is 11.7 Å². The van der Waals surface area contributed by atoms with Crippen LogP contribution in [0, 0.1) is 6.92 Å². The molecule has 0 bridgehead atoms. The quantitative estimate of drug-likeness (QED) is 0.920. The molecule has 0 aromatic carbocycles. The first kappa shape index (κ1) is 12.8. The van der Waals surface area contributed by atoms with Crippen LogP contribution in [0.1, 0.15) is 54.6 Å². The number of aromatic amines is 1. The Kier molecular flexibility index (Phi) is 3.13. The Bertz CT molecular complexity index is 624. The van der Waals surface area contributed by atoms with E-state index in [9.17, 15) is 0 Å². The molecule has 1 N–H and O–H groups in total. The summed E-state index contributed by atoms with van der Waals surface area (Å²) in [5.74, 6) is 2.16. The Morgan fingerprint density at radius 3 is 2.95 bits per heavy atom. The van der Waals surface area contributed by atoms with Crippen LogP contribution in [-0.2, 0) is 12.8 Å². The third-order valence-corrected chi connectivity index (χ3v) is 4.63. The lowest BCUT2D eigenvalue weighted by atomic mass is 10.0. The van der Waals surface area contributed by atoms with Crippen molar-refractivity contribution >= 4 is 5.82 Å². The fourth-order valence-electron chi connectivity index (χ4n) is 3.56. The van der Waals surface area contributed by atoms with Gasteiger partial charge < -0.3 is 9.88 Å². The average molecular weight is 283 g/mol. The van der Waals surface area contributed by atoms with Crippen molar-refractivity contribution in [1.82, 2.24) is 19.9 Å². The number of nitrogens with one attached hydrogen (secondary N) is 1. The lowest BCUT2D eigenvalue weighted by Gasteiger charge is -2.24. The van der Waals surface area contributed by atoms with E-state index in [1.54, 1.807) is 6.33 Å². The highest BCUT2D eigenvalue weighted by Crippen LogP contribution is 2.35. The molecule has 0 spiro atoms. The lowest BCUT2D eigenvalue weighted by molar-refractivity contribution is 0.666. The third-order valence-electron chi connectivity index (χ3n) is 4.63. The standard InChI is InChI=1S/C16H21N5/c1-11-9-15(18-10-17-11)21-8-4-7-14(21)16-19-12-5-2-3-6-13(12)20-16/h9-10,14H,2-8H2,1H3,(H,19,20)/t14-/m1/s1. The Labute approximate surface area is 124 Å². The molecule has 1 aliphatic carbocycles. The monoisotopic (exact) mass is 283 g/mol. The number of nitrogens with zero attached hydrogens (tertiary/aromatic N) is 4. The minimum Gasteiger partial charge on any atom is -0.346 e. The molecular weight excluding hydrogens is 262 g/mol. The molecule has 4 rings (SSSR count).